The van der Waals surface area contributed by atoms with Gasteiger partial charge in [0.05, 0.1) is 55.3 Å². The summed E-state index contributed by atoms with van der Waals surface area (Å²) in [6.07, 6.45) is 0. The van der Waals surface area contributed by atoms with Gasteiger partial charge in [-0.3, -0.25) is 0 Å². The van der Waals surface area contributed by atoms with E-state index in [4.69, 9.17) is 8.83 Å². The van der Waals surface area contributed by atoms with Crippen molar-refractivity contribution >= 4 is 87.5 Å². The normalized spacial score (nSPS) is 11.9. The van der Waals surface area contributed by atoms with Crippen LogP contribution in [0.15, 0.2) is 167 Å². The Morgan fingerprint density at radius 2 is 0.911 bits per heavy atom. The van der Waals surface area contributed by atoms with Crippen molar-refractivity contribution in [3.8, 4) is 34.6 Å². The van der Waals surface area contributed by atoms with Crippen molar-refractivity contribution in [3.05, 3.63) is 169 Å². The lowest BCUT2D eigenvalue weighted by atomic mass is 9.94. The molecule has 12 aromatic rings. The number of aromatic nitrogens is 2. The van der Waals surface area contributed by atoms with Crippen molar-refractivity contribution in [1.82, 2.24) is 9.13 Å². The average molecular weight is 715 g/mol. The van der Waals surface area contributed by atoms with Crippen molar-refractivity contribution in [2.75, 3.05) is 0 Å². The van der Waals surface area contributed by atoms with Gasteiger partial charge in [0.15, 0.2) is 0 Å². The molecule has 8 aromatic carbocycles. The highest BCUT2D eigenvalue weighted by molar-refractivity contribution is 6.25. The Morgan fingerprint density at radius 1 is 0.393 bits per heavy atom. The second-order valence-corrected chi connectivity index (χ2v) is 14.2. The Bertz CT molecular complexity index is 3750. The highest BCUT2D eigenvalue weighted by Crippen LogP contribution is 2.45. The predicted octanol–water partition coefficient (Wildman–Crippen LogP) is 13.1. The van der Waals surface area contributed by atoms with Gasteiger partial charge >= 0.3 is 0 Å². The van der Waals surface area contributed by atoms with Gasteiger partial charge in [-0.25, -0.2) is 0 Å². The zero-order chi connectivity index (χ0) is 37.1. The van der Waals surface area contributed by atoms with Crippen LogP contribution >= 0.6 is 0 Å². The van der Waals surface area contributed by atoms with Crippen LogP contribution in [-0.4, -0.2) is 9.13 Å². The molecule has 4 heterocycles. The molecule has 12 rings (SSSR count). The van der Waals surface area contributed by atoms with Crippen LogP contribution in [0, 0.1) is 22.7 Å². The van der Waals surface area contributed by atoms with Gasteiger partial charge in [-0.05, 0) is 60.7 Å². The SMILES string of the molecule is N#Cc1ccc(-c2ccccc2-n2c3ccccc3c3c4oc5ccccc5c4ccc32)c(C#N)c1-n1c2ccccc2c2c3oc4ccccc4c3ccc21. The molecule has 0 N–H and O–H groups in total. The molecule has 0 aliphatic carbocycles. The number of nitriles is 2. The summed E-state index contributed by atoms with van der Waals surface area (Å²) in [6.45, 7) is 0. The van der Waals surface area contributed by atoms with Gasteiger partial charge in [0.25, 0.3) is 0 Å². The van der Waals surface area contributed by atoms with E-state index in [1.54, 1.807) is 0 Å². The second kappa shape index (κ2) is 11.2. The quantitative estimate of drug-likeness (QED) is 0.182. The zero-order valence-electron chi connectivity index (χ0n) is 29.6. The Balaban J connectivity index is 1.16. The van der Waals surface area contributed by atoms with Gasteiger partial charge < -0.3 is 18.0 Å². The molecule has 0 radical (unpaired) electrons. The molecular weight excluding hydrogens is 689 g/mol. The third-order valence-electron chi connectivity index (χ3n) is 11.4. The molecular formula is C50H26N4O2. The van der Waals surface area contributed by atoms with Crippen LogP contribution in [0.4, 0.5) is 0 Å². The van der Waals surface area contributed by atoms with Crippen LogP contribution < -0.4 is 0 Å². The zero-order valence-corrected chi connectivity index (χ0v) is 29.6. The molecule has 6 nitrogen and oxygen atoms in total. The lowest BCUT2D eigenvalue weighted by molar-refractivity contribution is 0.672. The summed E-state index contributed by atoms with van der Waals surface area (Å²) in [5, 5.41) is 30.2. The largest absolute Gasteiger partial charge is 0.455 e. The van der Waals surface area contributed by atoms with Crippen LogP contribution in [-0.2, 0) is 0 Å². The van der Waals surface area contributed by atoms with Crippen molar-refractivity contribution < 1.29 is 8.83 Å². The number of para-hydroxylation sites is 5. The molecule has 0 fully saturated rings. The summed E-state index contributed by atoms with van der Waals surface area (Å²) in [4.78, 5) is 0. The third kappa shape index (κ3) is 3.92. The summed E-state index contributed by atoms with van der Waals surface area (Å²) < 4.78 is 17.5. The van der Waals surface area contributed by atoms with E-state index in [2.05, 4.69) is 100 Å². The van der Waals surface area contributed by atoms with Gasteiger partial charge in [0, 0.05) is 43.4 Å². The highest BCUT2D eigenvalue weighted by atomic mass is 16.3. The van der Waals surface area contributed by atoms with Crippen LogP contribution in [0.3, 0.4) is 0 Å². The second-order valence-electron chi connectivity index (χ2n) is 14.2. The van der Waals surface area contributed by atoms with E-state index in [0.717, 1.165) is 104 Å². The monoisotopic (exact) mass is 714 g/mol. The molecule has 258 valence electrons. The molecule has 6 heteroatoms. The molecule has 0 amide bonds. The average Bonchev–Trinajstić information content (AvgIpc) is 4.00. The fourth-order valence-corrected chi connectivity index (χ4v) is 9.12. The molecule has 4 aromatic heterocycles. The number of hydrogen-bond acceptors (Lipinski definition) is 4. The van der Waals surface area contributed by atoms with Gasteiger partial charge in [-0.2, -0.15) is 10.5 Å². The van der Waals surface area contributed by atoms with E-state index in [1.165, 1.54) is 0 Å². The maximum absolute atomic E-state index is 11.2. The van der Waals surface area contributed by atoms with E-state index in [-0.39, 0.29) is 0 Å². The molecule has 0 aliphatic heterocycles. The van der Waals surface area contributed by atoms with E-state index in [1.807, 2.05) is 78.9 Å². The summed E-state index contributed by atoms with van der Waals surface area (Å²) >= 11 is 0. The number of fused-ring (bicyclic) bond motifs is 14. The molecule has 0 saturated carbocycles. The molecule has 0 atom stereocenters. The third-order valence-corrected chi connectivity index (χ3v) is 11.4. The standard InChI is InChI=1S/C50H26N4O2/c51-27-29-21-22-30(38(28-52)48(29)54-41-18-8-3-15-37(41)47-43(54)26-24-35-33-13-5-10-20-45(33)56-50(35)47)31-11-1-6-16-39(31)53-40-17-7-2-14-36(40)46-42(53)25-23-34-32-12-4-9-19-44(32)55-49(34)46/h1-26H. The van der Waals surface area contributed by atoms with Gasteiger partial charge in [-0.1, -0.05) is 97.1 Å². The minimum atomic E-state index is 0.402. The number of nitrogens with zero attached hydrogens (tertiary/aromatic N) is 4. The Hall–Kier alpha value is -8.06. The van der Waals surface area contributed by atoms with Gasteiger partial charge in [0.1, 0.15) is 34.5 Å². The van der Waals surface area contributed by atoms with Crippen LogP contribution in [0.5, 0.6) is 0 Å². The number of rotatable bonds is 3. The fourth-order valence-electron chi connectivity index (χ4n) is 9.12. The maximum atomic E-state index is 11.2. The van der Waals surface area contributed by atoms with E-state index in [0.29, 0.717) is 16.8 Å². The first-order valence-electron chi connectivity index (χ1n) is 18.5. The number of hydrogen-bond donors (Lipinski definition) is 0. The van der Waals surface area contributed by atoms with Crippen molar-refractivity contribution in [3.63, 3.8) is 0 Å². The summed E-state index contributed by atoms with van der Waals surface area (Å²) in [5.74, 6) is 0. The van der Waals surface area contributed by atoms with Crippen LogP contribution in [0.1, 0.15) is 11.1 Å². The van der Waals surface area contributed by atoms with Crippen molar-refractivity contribution in [2.45, 2.75) is 0 Å². The van der Waals surface area contributed by atoms with Gasteiger partial charge in [-0.15, -0.1) is 0 Å². The maximum Gasteiger partial charge on any atom is 0.145 e. The summed E-state index contributed by atoms with van der Waals surface area (Å²) in [7, 11) is 0. The predicted molar refractivity (Wildman–Crippen MR) is 225 cm³/mol. The van der Waals surface area contributed by atoms with E-state index < -0.39 is 0 Å². The Labute approximate surface area is 318 Å². The van der Waals surface area contributed by atoms with Crippen molar-refractivity contribution in [1.29, 1.82) is 10.5 Å². The Morgan fingerprint density at radius 3 is 1.52 bits per heavy atom. The molecule has 0 aliphatic rings. The molecule has 56 heavy (non-hydrogen) atoms. The molecule has 0 saturated heterocycles. The highest BCUT2D eigenvalue weighted by Gasteiger charge is 2.26. The topological polar surface area (TPSA) is 83.7 Å². The first-order valence-corrected chi connectivity index (χ1v) is 18.5. The molecule has 0 unspecified atom stereocenters. The molecule has 0 bridgehead atoms. The minimum Gasteiger partial charge on any atom is -0.455 e. The number of benzene rings is 8. The van der Waals surface area contributed by atoms with Crippen LogP contribution in [0.25, 0.3) is 110 Å². The fraction of sp³-hybridized carbons (Fsp3) is 0. The lowest BCUT2D eigenvalue weighted by Crippen LogP contribution is -2.04. The van der Waals surface area contributed by atoms with Crippen LogP contribution in [0.2, 0.25) is 0 Å². The van der Waals surface area contributed by atoms with E-state index >= 15 is 0 Å². The summed E-state index contributed by atoms with van der Waals surface area (Å²) in [6, 6.07) is 58.2. The smallest absolute Gasteiger partial charge is 0.145 e. The van der Waals surface area contributed by atoms with Crippen molar-refractivity contribution in [2.24, 2.45) is 0 Å². The lowest BCUT2D eigenvalue weighted by Gasteiger charge is -2.18. The Kier molecular flexibility index (Phi) is 6.10. The minimum absolute atomic E-state index is 0.402. The summed E-state index contributed by atoms with van der Waals surface area (Å²) in [5.41, 5.74) is 10.9. The molecule has 0 spiro atoms. The first-order chi connectivity index (χ1) is 27.7. The van der Waals surface area contributed by atoms with E-state index in [9.17, 15) is 10.5 Å². The number of furan rings is 2. The first kappa shape index (κ1) is 30.4. The van der Waals surface area contributed by atoms with Gasteiger partial charge in [0.2, 0.25) is 0 Å².